The van der Waals surface area contributed by atoms with Crippen LogP contribution < -0.4 is 0 Å². The van der Waals surface area contributed by atoms with Gasteiger partial charge in [0.2, 0.25) is 0 Å². The standard InChI is InChI=1S/C45H27N3/c46-28-31-7-1-10-34(19-31)37-13-4-16-40(22-37)43-25-44(41-17-5-14-38(23-41)35-11-2-8-32(20-35)29-47)27-45(26-43)42-18-6-15-39(24-42)36-12-3-9-33(21-36)30-48/h1-27H. The topological polar surface area (TPSA) is 71.4 Å². The van der Waals surface area contributed by atoms with Crippen LogP contribution in [0.25, 0.3) is 66.8 Å². The van der Waals surface area contributed by atoms with Crippen LogP contribution in [0.15, 0.2) is 164 Å². The zero-order valence-corrected chi connectivity index (χ0v) is 25.9. The van der Waals surface area contributed by atoms with Crippen molar-refractivity contribution in [3.05, 3.63) is 180 Å². The summed E-state index contributed by atoms with van der Waals surface area (Å²) in [6, 6.07) is 61.7. The van der Waals surface area contributed by atoms with Gasteiger partial charge in [-0.25, -0.2) is 0 Å². The van der Waals surface area contributed by atoms with Crippen molar-refractivity contribution >= 4 is 0 Å². The molecule has 3 nitrogen and oxygen atoms in total. The molecule has 0 N–H and O–H groups in total. The number of nitrogens with zero attached hydrogens (tertiary/aromatic N) is 3. The third-order valence-corrected chi connectivity index (χ3v) is 8.50. The van der Waals surface area contributed by atoms with Crippen LogP contribution in [-0.2, 0) is 0 Å². The molecule has 0 aliphatic heterocycles. The van der Waals surface area contributed by atoms with E-state index in [9.17, 15) is 15.8 Å². The van der Waals surface area contributed by atoms with E-state index < -0.39 is 0 Å². The Kier molecular flexibility index (Phi) is 8.15. The molecule has 0 amide bonds. The number of hydrogen-bond donors (Lipinski definition) is 0. The lowest BCUT2D eigenvalue weighted by Crippen LogP contribution is -1.89. The van der Waals surface area contributed by atoms with Gasteiger partial charge in [-0.1, -0.05) is 91.0 Å². The fraction of sp³-hybridized carbons (Fsp3) is 0. The molecule has 0 aliphatic rings. The van der Waals surface area contributed by atoms with Crippen molar-refractivity contribution < 1.29 is 0 Å². The molecule has 0 atom stereocenters. The molecule has 0 radical (unpaired) electrons. The van der Waals surface area contributed by atoms with Gasteiger partial charge in [0.15, 0.2) is 0 Å². The second-order valence-electron chi connectivity index (χ2n) is 11.6. The van der Waals surface area contributed by atoms with Crippen LogP contribution in [0.5, 0.6) is 0 Å². The molecule has 0 aromatic heterocycles. The fourth-order valence-corrected chi connectivity index (χ4v) is 6.07. The van der Waals surface area contributed by atoms with Gasteiger partial charge in [-0.15, -0.1) is 0 Å². The molecule has 0 aliphatic carbocycles. The summed E-state index contributed by atoms with van der Waals surface area (Å²) in [5.41, 5.74) is 14.4. The van der Waals surface area contributed by atoms with E-state index >= 15 is 0 Å². The average Bonchev–Trinajstić information content (AvgIpc) is 3.18. The van der Waals surface area contributed by atoms with Crippen LogP contribution in [0.2, 0.25) is 0 Å². The van der Waals surface area contributed by atoms with E-state index in [1.807, 2.05) is 72.8 Å². The molecule has 0 saturated carbocycles. The van der Waals surface area contributed by atoms with Crippen LogP contribution in [0.4, 0.5) is 0 Å². The summed E-state index contributed by atoms with van der Waals surface area (Å²) in [7, 11) is 0. The Hall–Kier alpha value is -6.99. The van der Waals surface area contributed by atoms with E-state index in [1.54, 1.807) is 0 Å². The van der Waals surface area contributed by atoms with E-state index in [2.05, 4.69) is 109 Å². The number of rotatable bonds is 6. The van der Waals surface area contributed by atoms with Crippen molar-refractivity contribution in [3.63, 3.8) is 0 Å². The van der Waals surface area contributed by atoms with Crippen LogP contribution in [-0.4, -0.2) is 0 Å². The zero-order chi connectivity index (χ0) is 32.9. The molecular formula is C45H27N3. The summed E-state index contributed by atoms with van der Waals surface area (Å²) >= 11 is 0. The van der Waals surface area contributed by atoms with Gasteiger partial charge in [-0.05, 0) is 140 Å². The first-order chi connectivity index (χ1) is 23.6. The van der Waals surface area contributed by atoms with E-state index in [-0.39, 0.29) is 0 Å². The SMILES string of the molecule is N#Cc1cccc(-c2cccc(-c3cc(-c4cccc(-c5cccc(C#N)c5)c4)cc(-c4cccc(-c5cccc(C#N)c5)c4)c3)c2)c1. The Morgan fingerprint density at radius 3 is 0.667 bits per heavy atom. The largest absolute Gasteiger partial charge is 0.192 e. The maximum absolute atomic E-state index is 9.48. The molecule has 48 heavy (non-hydrogen) atoms. The van der Waals surface area contributed by atoms with Crippen LogP contribution >= 0.6 is 0 Å². The molecule has 0 unspecified atom stereocenters. The second-order valence-corrected chi connectivity index (χ2v) is 11.6. The van der Waals surface area contributed by atoms with Crippen molar-refractivity contribution in [2.75, 3.05) is 0 Å². The van der Waals surface area contributed by atoms with Crippen molar-refractivity contribution in [2.24, 2.45) is 0 Å². The first-order valence-electron chi connectivity index (χ1n) is 15.6. The Morgan fingerprint density at radius 1 is 0.229 bits per heavy atom. The minimum absolute atomic E-state index is 0.627. The molecule has 222 valence electrons. The lowest BCUT2D eigenvalue weighted by atomic mass is 9.90. The van der Waals surface area contributed by atoms with Gasteiger partial charge in [0.25, 0.3) is 0 Å². The Labute approximate surface area is 280 Å². The van der Waals surface area contributed by atoms with Gasteiger partial charge >= 0.3 is 0 Å². The molecule has 0 bridgehead atoms. The summed E-state index contributed by atoms with van der Waals surface area (Å²) < 4.78 is 0. The molecule has 0 heterocycles. The lowest BCUT2D eigenvalue weighted by Gasteiger charge is -2.14. The molecule has 0 fully saturated rings. The summed E-state index contributed by atoms with van der Waals surface area (Å²) in [5, 5.41) is 28.4. The molecule has 7 rings (SSSR count). The van der Waals surface area contributed by atoms with Crippen molar-refractivity contribution in [1.29, 1.82) is 15.8 Å². The highest BCUT2D eigenvalue weighted by Crippen LogP contribution is 2.37. The normalized spacial score (nSPS) is 10.4. The molecule has 0 saturated heterocycles. The third kappa shape index (κ3) is 6.24. The minimum atomic E-state index is 0.627. The van der Waals surface area contributed by atoms with Crippen molar-refractivity contribution in [3.8, 4) is 85.0 Å². The maximum atomic E-state index is 9.48. The highest BCUT2D eigenvalue weighted by Gasteiger charge is 2.11. The summed E-state index contributed by atoms with van der Waals surface area (Å²) in [6.07, 6.45) is 0. The number of benzene rings is 7. The molecule has 0 spiro atoms. The molecule has 7 aromatic rings. The molecule has 7 aromatic carbocycles. The van der Waals surface area contributed by atoms with E-state index in [0.717, 1.165) is 66.8 Å². The first kappa shape index (κ1) is 29.7. The Bertz CT molecular complexity index is 2160. The zero-order valence-electron chi connectivity index (χ0n) is 25.9. The monoisotopic (exact) mass is 609 g/mol. The first-order valence-corrected chi connectivity index (χ1v) is 15.6. The predicted octanol–water partition coefficient (Wildman–Crippen LogP) is 11.3. The van der Waals surface area contributed by atoms with Gasteiger partial charge in [-0.3, -0.25) is 0 Å². The van der Waals surface area contributed by atoms with Crippen LogP contribution in [0.1, 0.15) is 16.7 Å². The van der Waals surface area contributed by atoms with E-state index in [4.69, 9.17) is 0 Å². The lowest BCUT2D eigenvalue weighted by molar-refractivity contribution is 1.48. The van der Waals surface area contributed by atoms with Gasteiger partial charge in [0, 0.05) is 0 Å². The van der Waals surface area contributed by atoms with E-state index in [1.165, 1.54) is 0 Å². The molecular weight excluding hydrogens is 583 g/mol. The summed E-state index contributed by atoms with van der Waals surface area (Å²) in [4.78, 5) is 0. The van der Waals surface area contributed by atoms with E-state index in [0.29, 0.717) is 16.7 Å². The summed E-state index contributed by atoms with van der Waals surface area (Å²) in [6.45, 7) is 0. The van der Waals surface area contributed by atoms with Gasteiger partial charge in [0.05, 0.1) is 34.9 Å². The van der Waals surface area contributed by atoms with Crippen LogP contribution in [0.3, 0.4) is 0 Å². The Balaban J connectivity index is 1.38. The van der Waals surface area contributed by atoms with Crippen molar-refractivity contribution in [1.82, 2.24) is 0 Å². The predicted molar refractivity (Wildman–Crippen MR) is 193 cm³/mol. The van der Waals surface area contributed by atoms with Gasteiger partial charge in [-0.2, -0.15) is 15.8 Å². The number of nitriles is 3. The average molecular weight is 610 g/mol. The Morgan fingerprint density at radius 2 is 0.417 bits per heavy atom. The fourth-order valence-electron chi connectivity index (χ4n) is 6.07. The quantitative estimate of drug-likeness (QED) is 0.188. The third-order valence-electron chi connectivity index (χ3n) is 8.50. The minimum Gasteiger partial charge on any atom is -0.192 e. The summed E-state index contributed by atoms with van der Waals surface area (Å²) in [5.74, 6) is 0. The van der Waals surface area contributed by atoms with Gasteiger partial charge in [0.1, 0.15) is 0 Å². The maximum Gasteiger partial charge on any atom is 0.0991 e. The smallest absolute Gasteiger partial charge is 0.0991 e. The van der Waals surface area contributed by atoms with Crippen LogP contribution in [0, 0.1) is 34.0 Å². The molecule has 3 heteroatoms. The van der Waals surface area contributed by atoms with Crippen molar-refractivity contribution in [2.45, 2.75) is 0 Å². The highest BCUT2D eigenvalue weighted by atomic mass is 14.2. The van der Waals surface area contributed by atoms with Gasteiger partial charge < -0.3 is 0 Å². The number of hydrogen-bond acceptors (Lipinski definition) is 3. The highest BCUT2D eigenvalue weighted by molar-refractivity contribution is 5.85. The second kappa shape index (κ2) is 13.2.